The molecule has 3 heterocycles. The fourth-order valence-corrected chi connectivity index (χ4v) is 4.60. The first-order chi connectivity index (χ1) is 10.5. The van der Waals surface area contributed by atoms with Gasteiger partial charge in [0.2, 0.25) is 6.17 Å². The molecule has 1 atom stereocenters. The summed E-state index contributed by atoms with van der Waals surface area (Å²) in [5.74, 6) is 0. The number of ether oxygens (including phenoxy) is 1. The molecule has 5 nitrogen and oxygen atoms in total. The molecule has 4 N–H and O–H groups in total. The molecule has 0 aromatic carbocycles. The summed E-state index contributed by atoms with van der Waals surface area (Å²) in [5.41, 5.74) is 2.63. The van der Waals surface area contributed by atoms with Gasteiger partial charge in [-0.15, -0.1) is 11.3 Å². The zero-order valence-corrected chi connectivity index (χ0v) is 14.9. The van der Waals surface area contributed by atoms with Crippen LogP contribution in [0.4, 0.5) is 5.00 Å². The van der Waals surface area contributed by atoms with E-state index in [1.165, 1.54) is 21.0 Å². The lowest BCUT2D eigenvalue weighted by Gasteiger charge is -2.31. The summed E-state index contributed by atoms with van der Waals surface area (Å²) < 4.78 is 5.95. The Hall–Kier alpha value is -0.600. The van der Waals surface area contributed by atoms with Crippen LogP contribution in [0.3, 0.4) is 0 Å². The topological polar surface area (TPSA) is 70.5 Å². The highest BCUT2D eigenvalue weighted by atomic mass is 32.2. The third-order valence-corrected chi connectivity index (χ3v) is 5.78. The number of aliphatic imine (C=N–C) groups is 1. The van der Waals surface area contributed by atoms with Crippen molar-refractivity contribution >= 4 is 33.3 Å². The van der Waals surface area contributed by atoms with Crippen LogP contribution in [0.15, 0.2) is 4.99 Å². The van der Waals surface area contributed by atoms with Gasteiger partial charge in [0.1, 0.15) is 5.00 Å². The van der Waals surface area contributed by atoms with Gasteiger partial charge in [0.25, 0.3) is 0 Å². The van der Waals surface area contributed by atoms with Gasteiger partial charge in [0.05, 0.1) is 24.3 Å². The van der Waals surface area contributed by atoms with E-state index in [0.29, 0.717) is 6.61 Å². The summed E-state index contributed by atoms with van der Waals surface area (Å²) >= 11 is 3.44. The zero-order valence-electron chi connectivity index (χ0n) is 13.3. The van der Waals surface area contributed by atoms with Gasteiger partial charge in [-0.2, -0.15) is 4.99 Å². The van der Waals surface area contributed by atoms with Crippen molar-refractivity contribution in [1.29, 1.82) is 0 Å². The van der Waals surface area contributed by atoms with Crippen molar-refractivity contribution in [1.82, 2.24) is 0 Å². The summed E-state index contributed by atoms with van der Waals surface area (Å²) in [4.78, 5) is 6.17. The van der Waals surface area contributed by atoms with E-state index in [0.717, 1.165) is 24.6 Å². The van der Waals surface area contributed by atoms with E-state index in [1.54, 1.807) is 23.1 Å². The normalized spacial score (nSPS) is 22.5. The Morgan fingerprint density at radius 3 is 3.09 bits per heavy atom. The van der Waals surface area contributed by atoms with Crippen molar-refractivity contribution in [3.8, 4) is 0 Å². The Bertz CT molecular complexity index is 584. The Balaban J connectivity index is 1.93. The molecule has 0 saturated carbocycles. The number of thioether (sulfide) groups is 1. The monoisotopic (exact) mass is 342 g/mol. The Morgan fingerprint density at radius 2 is 2.36 bits per heavy atom. The number of quaternary nitrogens is 1. The highest BCUT2D eigenvalue weighted by Crippen LogP contribution is 2.44. The van der Waals surface area contributed by atoms with Crippen molar-refractivity contribution in [2.24, 2.45) is 4.99 Å². The van der Waals surface area contributed by atoms with Gasteiger partial charge in [0, 0.05) is 24.3 Å². The first-order valence-electron chi connectivity index (χ1n) is 7.65. The number of aliphatic hydroxyl groups excluding tert-OH is 1. The fraction of sp³-hybridized carbons (Fsp3) is 0.667. The van der Waals surface area contributed by atoms with Gasteiger partial charge in [-0.25, -0.2) is 0 Å². The van der Waals surface area contributed by atoms with Crippen LogP contribution in [0, 0.1) is 0 Å². The Labute approximate surface area is 139 Å². The van der Waals surface area contributed by atoms with E-state index in [-0.39, 0.29) is 18.4 Å². The molecule has 22 heavy (non-hydrogen) atoms. The minimum Gasteiger partial charge on any atom is -0.396 e. The predicted molar refractivity (Wildman–Crippen MR) is 92.7 cm³/mol. The molecule has 3 rings (SSSR count). The highest BCUT2D eigenvalue weighted by molar-refractivity contribution is 8.13. The van der Waals surface area contributed by atoms with Crippen molar-refractivity contribution in [3.63, 3.8) is 0 Å². The number of hydrogen-bond acceptors (Lipinski definition) is 6. The second-order valence-corrected chi connectivity index (χ2v) is 8.18. The first-order valence-corrected chi connectivity index (χ1v) is 9.69. The largest absolute Gasteiger partial charge is 0.396 e. The Kier molecular flexibility index (Phi) is 4.80. The maximum absolute atomic E-state index is 9.02. The maximum Gasteiger partial charge on any atom is 0.211 e. The maximum atomic E-state index is 9.02. The van der Waals surface area contributed by atoms with Crippen molar-refractivity contribution in [2.75, 3.05) is 24.7 Å². The number of thiophene rings is 1. The molecule has 0 fully saturated rings. The average Bonchev–Trinajstić information content (AvgIpc) is 2.83. The van der Waals surface area contributed by atoms with E-state index >= 15 is 0 Å². The molecule has 122 valence electrons. The molecule has 0 bridgehead atoms. The minimum absolute atomic E-state index is 0.0964. The predicted octanol–water partition coefficient (Wildman–Crippen LogP) is 1.69. The van der Waals surface area contributed by atoms with Crippen LogP contribution >= 0.6 is 23.1 Å². The molecular weight excluding hydrogens is 318 g/mol. The summed E-state index contributed by atoms with van der Waals surface area (Å²) in [6, 6.07) is 0. The van der Waals surface area contributed by atoms with Gasteiger partial charge < -0.3 is 20.5 Å². The number of anilines is 1. The van der Waals surface area contributed by atoms with Crippen molar-refractivity contribution in [2.45, 2.75) is 45.1 Å². The van der Waals surface area contributed by atoms with Crippen LogP contribution in [-0.4, -0.2) is 35.3 Å². The number of nitrogens with one attached hydrogen (secondary N) is 1. The molecular formula is C15H24N3O2S2+. The average molecular weight is 343 g/mol. The Morgan fingerprint density at radius 1 is 1.55 bits per heavy atom. The number of aliphatic hydroxyl groups is 1. The van der Waals surface area contributed by atoms with Gasteiger partial charge in [-0.1, -0.05) is 11.8 Å². The number of nitrogens with two attached hydrogens (primary N) is 1. The van der Waals surface area contributed by atoms with Crippen LogP contribution in [0.25, 0.3) is 0 Å². The summed E-state index contributed by atoms with van der Waals surface area (Å²) in [5, 5.41) is 16.9. The van der Waals surface area contributed by atoms with Gasteiger partial charge in [-0.3, -0.25) is 0 Å². The number of rotatable bonds is 4. The minimum atomic E-state index is -0.110. The van der Waals surface area contributed by atoms with Crippen molar-refractivity contribution in [3.05, 3.63) is 16.0 Å². The highest BCUT2D eigenvalue weighted by Gasteiger charge is 2.36. The molecule has 7 heteroatoms. The zero-order chi connectivity index (χ0) is 15.7. The third kappa shape index (κ3) is 3.19. The van der Waals surface area contributed by atoms with Crippen LogP contribution in [-0.2, 0) is 17.8 Å². The molecule has 1 aromatic heterocycles. The quantitative estimate of drug-likeness (QED) is 0.728. The summed E-state index contributed by atoms with van der Waals surface area (Å²) in [6.45, 7) is 6.11. The SMILES string of the molecule is CSC1=N[C@@H]([NH2+]CCCO)c2c(sc3c2CC(C)(C)OC3)N1. The molecule has 0 aliphatic carbocycles. The molecule has 0 amide bonds. The van der Waals surface area contributed by atoms with E-state index in [9.17, 15) is 0 Å². The molecule has 0 radical (unpaired) electrons. The number of nitrogens with zero attached hydrogens (tertiary/aromatic N) is 1. The molecule has 2 aliphatic heterocycles. The third-order valence-electron chi connectivity index (χ3n) is 4.05. The van der Waals surface area contributed by atoms with E-state index < -0.39 is 0 Å². The summed E-state index contributed by atoms with van der Waals surface area (Å²) in [7, 11) is 0. The van der Waals surface area contributed by atoms with Gasteiger partial charge in [0.15, 0.2) is 5.17 Å². The number of fused-ring (bicyclic) bond motifs is 3. The van der Waals surface area contributed by atoms with Crippen LogP contribution in [0.1, 0.15) is 42.4 Å². The van der Waals surface area contributed by atoms with E-state index in [4.69, 9.17) is 14.8 Å². The standard InChI is InChI=1S/C15H23N3O2S2/c1-15(2)7-9-10(8-20-15)22-13-11(9)12(16-5-4-6-19)17-14(18-13)21-3/h12,16,19H,4-8H2,1-3H3,(H,17,18)/p+1/t12-/m1/s1. The molecule has 1 aromatic rings. The summed E-state index contributed by atoms with van der Waals surface area (Å²) in [6.07, 6.45) is 3.87. The number of hydrogen-bond donors (Lipinski definition) is 3. The van der Waals surface area contributed by atoms with Crippen molar-refractivity contribution < 1.29 is 15.2 Å². The second kappa shape index (κ2) is 6.49. The van der Waals surface area contributed by atoms with Crippen LogP contribution < -0.4 is 10.6 Å². The second-order valence-electron chi connectivity index (χ2n) is 6.28. The van der Waals surface area contributed by atoms with E-state index in [1.807, 2.05) is 6.26 Å². The van der Waals surface area contributed by atoms with Gasteiger partial charge >= 0.3 is 0 Å². The lowest BCUT2D eigenvalue weighted by Crippen LogP contribution is -2.85. The van der Waals surface area contributed by atoms with Gasteiger partial charge in [-0.05, 0) is 25.7 Å². The molecule has 2 aliphatic rings. The molecule has 0 saturated heterocycles. The van der Waals surface area contributed by atoms with Crippen LogP contribution in [0.5, 0.6) is 0 Å². The lowest BCUT2D eigenvalue weighted by molar-refractivity contribution is -0.695. The smallest absolute Gasteiger partial charge is 0.211 e. The lowest BCUT2D eigenvalue weighted by atomic mass is 9.92. The van der Waals surface area contributed by atoms with E-state index in [2.05, 4.69) is 24.5 Å². The fourth-order valence-electron chi connectivity index (χ4n) is 2.94. The number of amidine groups is 1. The first kappa shape index (κ1) is 16.3. The molecule has 0 unspecified atom stereocenters. The molecule has 0 spiro atoms. The van der Waals surface area contributed by atoms with Crippen LogP contribution in [0.2, 0.25) is 0 Å².